The van der Waals surface area contributed by atoms with Crippen LogP contribution in [0.15, 0.2) is 68.0 Å². The molecule has 0 saturated heterocycles. The summed E-state index contributed by atoms with van der Waals surface area (Å²) >= 11 is 4.74. The number of allylic oxidation sites excluding steroid dienone is 1. The highest BCUT2D eigenvalue weighted by molar-refractivity contribution is 9.10. The normalized spacial score (nSPS) is 15.0. The van der Waals surface area contributed by atoms with Gasteiger partial charge in [0.2, 0.25) is 0 Å². The monoisotopic (exact) mass is 581 g/mol. The molecule has 190 valence electrons. The van der Waals surface area contributed by atoms with Gasteiger partial charge in [0.15, 0.2) is 22.9 Å². The standard InChI is InChI=1S/C27H24BrN3O5S/c1-4-19-22(26(33)34-3)23(17-9-7-6-8-10-17)31-25(32)21(37-27(31)30-19)15-16-13-18(28)24(36-12-11-29)20(14-16)35-5-2/h6-10,13-15,23H,4-5,12H2,1-3H3/b21-15-/t23-/m0/s1. The highest BCUT2D eigenvalue weighted by Crippen LogP contribution is 2.37. The molecule has 0 unspecified atom stereocenters. The van der Waals surface area contributed by atoms with Gasteiger partial charge >= 0.3 is 5.97 Å². The Bertz CT molecular complexity index is 1580. The fourth-order valence-corrected chi connectivity index (χ4v) is 5.74. The Morgan fingerprint density at radius 2 is 2.00 bits per heavy atom. The fourth-order valence-electron chi connectivity index (χ4n) is 4.15. The van der Waals surface area contributed by atoms with E-state index in [4.69, 9.17) is 19.5 Å². The third kappa shape index (κ3) is 5.24. The molecule has 2 heterocycles. The number of carbonyl (C=O) groups is 1. The van der Waals surface area contributed by atoms with Crippen LogP contribution < -0.4 is 24.4 Å². The van der Waals surface area contributed by atoms with Gasteiger partial charge in [-0.3, -0.25) is 9.36 Å². The Labute approximate surface area is 225 Å². The molecule has 1 aliphatic rings. The maximum absolute atomic E-state index is 13.8. The molecule has 4 rings (SSSR count). The van der Waals surface area contributed by atoms with E-state index >= 15 is 0 Å². The van der Waals surface area contributed by atoms with Gasteiger partial charge in [-0.05, 0) is 58.6 Å². The predicted octanol–water partition coefficient (Wildman–Crippen LogP) is 3.86. The Hall–Kier alpha value is -3.68. The molecule has 0 N–H and O–H groups in total. The van der Waals surface area contributed by atoms with Crippen LogP contribution in [0.3, 0.4) is 0 Å². The molecule has 8 nitrogen and oxygen atoms in total. The molecule has 3 aromatic rings. The van der Waals surface area contributed by atoms with Crippen LogP contribution >= 0.6 is 27.3 Å². The summed E-state index contributed by atoms with van der Waals surface area (Å²) in [6, 6.07) is 14.2. The minimum Gasteiger partial charge on any atom is -0.490 e. The molecule has 10 heteroatoms. The molecule has 0 spiro atoms. The first kappa shape index (κ1) is 26.4. The van der Waals surface area contributed by atoms with Crippen molar-refractivity contribution in [3.8, 4) is 17.6 Å². The highest BCUT2D eigenvalue weighted by atomic mass is 79.9. The number of nitriles is 1. The van der Waals surface area contributed by atoms with E-state index in [1.807, 2.05) is 50.2 Å². The summed E-state index contributed by atoms with van der Waals surface area (Å²) in [6.45, 7) is 4.04. The van der Waals surface area contributed by atoms with Gasteiger partial charge in [-0.2, -0.15) is 5.26 Å². The first-order valence-corrected chi connectivity index (χ1v) is 13.2. The lowest BCUT2D eigenvalue weighted by molar-refractivity contribution is -0.136. The SMILES string of the molecule is CCOc1cc(/C=c2\sc3n(c2=O)[C@@H](c2ccccc2)C(C(=O)OC)=C(CC)N=3)cc(Br)c1OCC#N. The van der Waals surface area contributed by atoms with Gasteiger partial charge in [-0.25, -0.2) is 9.79 Å². The first-order valence-electron chi connectivity index (χ1n) is 11.6. The zero-order chi connectivity index (χ0) is 26.5. The van der Waals surface area contributed by atoms with Crippen molar-refractivity contribution in [2.24, 2.45) is 4.99 Å². The van der Waals surface area contributed by atoms with Crippen molar-refractivity contribution in [1.82, 2.24) is 4.57 Å². The van der Waals surface area contributed by atoms with Crippen molar-refractivity contribution in [2.75, 3.05) is 20.3 Å². The topological polar surface area (TPSA) is 103 Å². The summed E-state index contributed by atoms with van der Waals surface area (Å²) in [4.78, 5) is 31.8. The quantitative estimate of drug-likeness (QED) is 0.374. The van der Waals surface area contributed by atoms with Gasteiger partial charge in [0, 0.05) is 0 Å². The molecule has 1 atom stereocenters. The molecule has 0 bridgehead atoms. The third-order valence-corrected chi connectivity index (χ3v) is 7.25. The Morgan fingerprint density at radius 3 is 2.65 bits per heavy atom. The van der Waals surface area contributed by atoms with Gasteiger partial charge < -0.3 is 14.2 Å². The number of hydrogen-bond acceptors (Lipinski definition) is 8. The van der Waals surface area contributed by atoms with Gasteiger partial charge in [-0.15, -0.1) is 0 Å². The summed E-state index contributed by atoms with van der Waals surface area (Å²) < 4.78 is 18.9. The van der Waals surface area contributed by atoms with E-state index in [1.165, 1.54) is 18.4 Å². The van der Waals surface area contributed by atoms with Crippen LogP contribution in [-0.4, -0.2) is 30.9 Å². The summed E-state index contributed by atoms with van der Waals surface area (Å²) in [5, 5.41) is 8.89. The number of carbonyl (C=O) groups excluding carboxylic acids is 1. The van der Waals surface area contributed by atoms with Gasteiger partial charge in [-0.1, -0.05) is 48.6 Å². The average Bonchev–Trinajstić information content (AvgIpc) is 3.21. The van der Waals surface area contributed by atoms with Crippen LogP contribution in [-0.2, 0) is 9.53 Å². The minimum absolute atomic E-state index is 0.127. The van der Waals surface area contributed by atoms with Crippen molar-refractivity contribution in [3.63, 3.8) is 0 Å². The van der Waals surface area contributed by atoms with Gasteiger partial charge in [0.05, 0.1) is 40.0 Å². The van der Waals surface area contributed by atoms with Crippen molar-refractivity contribution >= 4 is 39.3 Å². The second-order valence-corrected chi connectivity index (χ2v) is 9.77. The van der Waals surface area contributed by atoms with Gasteiger partial charge in [0.25, 0.3) is 5.56 Å². The largest absolute Gasteiger partial charge is 0.490 e. The van der Waals surface area contributed by atoms with Crippen LogP contribution in [0.2, 0.25) is 0 Å². The summed E-state index contributed by atoms with van der Waals surface area (Å²) in [7, 11) is 1.33. The molecule has 0 fully saturated rings. The van der Waals surface area contributed by atoms with Crippen LogP contribution in [0, 0.1) is 11.3 Å². The van der Waals surface area contributed by atoms with Gasteiger partial charge in [0.1, 0.15) is 6.07 Å². The van der Waals surface area contributed by atoms with Crippen LogP contribution in [0.1, 0.15) is 37.4 Å². The smallest absolute Gasteiger partial charge is 0.338 e. The summed E-state index contributed by atoms with van der Waals surface area (Å²) in [5.41, 5.74) is 2.17. The summed E-state index contributed by atoms with van der Waals surface area (Å²) in [5.74, 6) is 0.359. The molecule has 1 aromatic heterocycles. The van der Waals surface area contributed by atoms with E-state index in [1.54, 1.807) is 22.8 Å². The molecule has 0 radical (unpaired) electrons. The van der Waals surface area contributed by atoms with Crippen LogP contribution in [0.4, 0.5) is 0 Å². The number of esters is 1. The van der Waals surface area contributed by atoms with Crippen molar-refractivity contribution in [2.45, 2.75) is 26.3 Å². The molecule has 2 aromatic carbocycles. The second-order valence-electron chi connectivity index (χ2n) is 7.91. The highest BCUT2D eigenvalue weighted by Gasteiger charge is 2.33. The van der Waals surface area contributed by atoms with E-state index in [0.29, 0.717) is 55.2 Å². The lowest BCUT2D eigenvalue weighted by atomic mass is 9.95. The molecular weight excluding hydrogens is 558 g/mol. The first-order chi connectivity index (χ1) is 17.9. The molecule has 0 aliphatic carbocycles. The number of thiazole rings is 1. The number of methoxy groups -OCH3 is 1. The van der Waals surface area contributed by atoms with Crippen molar-refractivity contribution < 1.29 is 19.0 Å². The maximum Gasteiger partial charge on any atom is 0.338 e. The number of benzene rings is 2. The lowest BCUT2D eigenvalue weighted by Crippen LogP contribution is -2.40. The molecule has 0 saturated carbocycles. The van der Waals surface area contributed by atoms with Crippen LogP contribution in [0.5, 0.6) is 11.5 Å². The maximum atomic E-state index is 13.8. The van der Waals surface area contributed by atoms with Crippen molar-refractivity contribution in [1.29, 1.82) is 5.26 Å². The van der Waals surface area contributed by atoms with E-state index < -0.39 is 12.0 Å². The molecular formula is C27H24BrN3O5S. The number of aromatic nitrogens is 1. The Kier molecular flexibility index (Phi) is 8.26. The number of rotatable bonds is 8. The Balaban J connectivity index is 1.92. The molecule has 0 amide bonds. The number of nitrogens with zero attached hydrogens (tertiary/aromatic N) is 3. The average molecular weight is 582 g/mol. The van der Waals surface area contributed by atoms with Crippen molar-refractivity contribution in [3.05, 3.63) is 89.0 Å². The van der Waals surface area contributed by atoms with E-state index in [2.05, 4.69) is 20.9 Å². The number of halogens is 1. The number of hydrogen-bond donors (Lipinski definition) is 0. The second kappa shape index (κ2) is 11.6. The number of fused-ring (bicyclic) bond motifs is 1. The van der Waals surface area contributed by atoms with E-state index in [9.17, 15) is 9.59 Å². The number of ether oxygens (including phenoxy) is 3. The zero-order valence-electron chi connectivity index (χ0n) is 20.5. The van der Waals surface area contributed by atoms with Crippen LogP contribution in [0.25, 0.3) is 6.08 Å². The Morgan fingerprint density at radius 1 is 1.24 bits per heavy atom. The molecule has 1 aliphatic heterocycles. The third-order valence-electron chi connectivity index (χ3n) is 5.68. The lowest BCUT2D eigenvalue weighted by Gasteiger charge is -2.25. The fraction of sp³-hybridized carbons (Fsp3) is 0.259. The molecule has 37 heavy (non-hydrogen) atoms. The van der Waals surface area contributed by atoms with E-state index in [0.717, 1.165) is 5.56 Å². The predicted molar refractivity (Wildman–Crippen MR) is 143 cm³/mol. The minimum atomic E-state index is -0.658. The summed E-state index contributed by atoms with van der Waals surface area (Å²) in [6.07, 6.45) is 2.26. The van der Waals surface area contributed by atoms with E-state index in [-0.39, 0.29) is 12.2 Å². The zero-order valence-corrected chi connectivity index (χ0v) is 22.9.